The Morgan fingerprint density at radius 3 is 2.72 bits per heavy atom. The van der Waals surface area contributed by atoms with E-state index in [0.29, 0.717) is 6.61 Å². The SMILES string of the molecule is CCOC(=O)CC(=O)CN(C)c1cccc(Br)c1. The van der Waals surface area contributed by atoms with E-state index >= 15 is 0 Å². The van der Waals surface area contributed by atoms with E-state index in [4.69, 9.17) is 4.74 Å². The van der Waals surface area contributed by atoms with Gasteiger partial charge in [-0.3, -0.25) is 9.59 Å². The number of halogens is 1. The molecule has 0 N–H and O–H groups in total. The van der Waals surface area contributed by atoms with E-state index in [1.807, 2.05) is 31.3 Å². The molecule has 0 amide bonds. The molecule has 0 fully saturated rings. The monoisotopic (exact) mass is 313 g/mol. The highest BCUT2D eigenvalue weighted by molar-refractivity contribution is 9.10. The third kappa shape index (κ3) is 4.87. The third-order valence-electron chi connectivity index (χ3n) is 2.31. The lowest BCUT2D eigenvalue weighted by atomic mass is 10.2. The first-order chi connectivity index (χ1) is 8.52. The summed E-state index contributed by atoms with van der Waals surface area (Å²) in [6, 6.07) is 7.63. The van der Waals surface area contributed by atoms with E-state index in [0.717, 1.165) is 10.2 Å². The van der Waals surface area contributed by atoms with Gasteiger partial charge in [0.05, 0.1) is 13.2 Å². The fourth-order valence-electron chi connectivity index (χ4n) is 1.50. The maximum absolute atomic E-state index is 11.6. The minimum atomic E-state index is -0.467. The first-order valence-electron chi connectivity index (χ1n) is 5.67. The first-order valence-corrected chi connectivity index (χ1v) is 6.46. The highest BCUT2D eigenvalue weighted by Gasteiger charge is 2.13. The molecule has 1 rings (SSSR count). The number of likely N-dealkylation sites (N-methyl/N-ethyl adjacent to an activating group) is 1. The molecule has 0 unspecified atom stereocenters. The number of hydrogen-bond donors (Lipinski definition) is 0. The number of anilines is 1. The minimum Gasteiger partial charge on any atom is -0.466 e. The lowest BCUT2D eigenvalue weighted by Gasteiger charge is -2.18. The van der Waals surface area contributed by atoms with Gasteiger partial charge >= 0.3 is 5.97 Å². The third-order valence-corrected chi connectivity index (χ3v) is 2.80. The lowest BCUT2D eigenvalue weighted by molar-refractivity contribution is -0.145. The molecule has 0 aliphatic rings. The predicted octanol–water partition coefficient (Wildman–Crippen LogP) is 2.41. The molecule has 5 heteroatoms. The summed E-state index contributed by atoms with van der Waals surface area (Å²) in [6.07, 6.45) is -0.174. The van der Waals surface area contributed by atoms with Crippen LogP contribution in [-0.2, 0) is 14.3 Å². The fourth-order valence-corrected chi connectivity index (χ4v) is 1.89. The summed E-state index contributed by atoms with van der Waals surface area (Å²) in [7, 11) is 1.81. The molecular formula is C13H16BrNO3. The molecule has 0 radical (unpaired) electrons. The molecule has 0 saturated heterocycles. The first kappa shape index (κ1) is 14.7. The zero-order valence-electron chi connectivity index (χ0n) is 10.5. The van der Waals surface area contributed by atoms with Crippen LogP contribution in [0.15, 0.2) is 28.7 Å². The van der Waals surface area contributed by atoms with E-state index in [9.17, 15) is 9.59 Å². The van der Waals surface area contributed by atoms with Gasteiger partial charge in [-0.1, -0.05) is 22.0 Å². The van der Waals surface area contributed by atoms with Crippen molar-refractivity contribution in [3.8, 4) is 0 Å². The van der Waals surface area contributed by atoms with Crippen molar-refractivity contribution in [3.05, 3.63) is 28.7 Å². The summed E-state index contributed by atoms with van der Waals surface area (Å²) in [5.41, 5.74) is 0.918. The number of benzene rings is 1. The number of ketones is 1. The molecular weight excluding hydrogens is 298 g/mol. The zero-order valence-corrected chi connectivity index (χ0v) is 12.1. The van der Waals surface area contributed by atoms with Gasteiger partial charge < -0.3 is 9.64 Å². The number of nitrogens with zero attached hydrogens (tertiary/aromatic N) is 1. The zero-order chi connectivity index (χ0) is 13.5. The van der Waals surface area contributed by atoms with Crippen LogP contribution in [-0.4, -0.2) is 32.0 Å². The molecule has 0 aromatic heterocycles. The van der Waals surface area contributed by atoms with E-state index in [1.165, 1.54) is 0 Å². The van der Waals surface area contributed by atoms with Crippen LogP contribution in [0.4, 0.5) is 5.69 Å². The number of Topliss-reactive ketones (excluding diaryl/α,β-unsaturated/α-hetero) is 1. The van der Waals surface area contributed by atoms with Crippen LogP contribution in [0.5, 0.6) is 0 Å². The van der Waals surface area contributed by atoms with Crippen molar-refractivity contribution < 1.29 is 14.3 Å². The summed E-state index contributed by atoms with van der Waals surface area (Å²) in [5, 5.41) is 0. The van der Waals surface area contributed by atoms with Crippen molar-refractivity contribution in [1.82, 2.24) is 0 Å². The molecule has 0 saturated carbocycles. The summed E-state index contributed by atoms with van der Waals surface area (Å²) < 4.78 is 5.68. The second-order valence-corrected chi connectivity index (χ2v) is 4.77. The smallest absolute Gasteiger partial charge is 0.313 e. The van der Waals surface area contributed by atoms with Crippen LogP contribution < -0.4 is 4.90 Å². The van der Waals surface area contributed by atoms with Crippen molar-refractivity contribution in [2.45, 2.75) is 13.3 Å². The van der Waals surface area contributed by atoms with Crippen LogP contribution in [0.25, 0.3) is 0 Å². The summed E-state index contributed by atoms with van der Waals surface area (Å²) in [6.45, 7) is 2.21. The van der Waals surface area contributed by atoms with E-state index in [1.54, 1.807) is 11.8 Å². The quantitative estimate of drug-likeness (QED) is 0.597. The van der Waals surface area contributed by atoms with E-state index in [-0.39, 0.29) is 18.7 Å². The second kappa shape index (κ2) is 7.16. The van der Waals surface area contributed by atoms with Crippen molar-refractivity contribution in [1.29, 1.82) is 0 Å². The van der Waals surface area contributed by atoms with Crippen LogP contribution in [0.3, 0.4) is 0 Å². The van der Waals surface area contributed by atoms with Crippen molar-refractivity contribution in [3.63, 3.8) is 0 Å². The normalized spacial score (nSPS) is 9.94. The number of carbonyl (C=O) groups excluding carboxylic acids is 2. The average molecular weight is 314 g/mol. The number of ether oxygens (including phenoxy) is 1. The number of esters is 1. The molecule has 1 aromatic carbocycles. The largest absolute Gasteiger partial charge is 0.466 e. The van der Waals surface area contributed by atoms with Crippen LogP contribution in [0, 0.1) is 0 Å². The van der Waals surface area contributed by atoms with Gasteiger partial charge in [-0.25, -0.2) is 0 Å². The Bertz CT molecular complexity index is 434. The Kier molecular flexibility index (Phi) is 5.85. The maximum Gasteiger partial charge on any atom is 0.313 e. The van der Waals surface area contributed by atoms with Gasteiger partial charge in [0, 0.05) is 17.2 Å². The minimum absolute atomic E-state index is 0.157. The molecule has 0 spiro atoms. The molecule has 0 aliphatic heterocycles. The van der Waals surface area contributed by atoms with Gasteiger partial charge in [-0.15, -0.1) is 0 Å². The lowest BCUT2D eigenvalue weighted by Crippen LogP contribution is -2.27. The Balaban J connectivity index is 2.52. The van der Waals surface area contributed by atoms with Gasteiger partial charge in [0.2, 0.25) is 0 Å². The Morgan fingerprint density at radius 1 is 1.39 bits per heavy atom. The van der Waals surface area contributed by atoms with Crippen molar-refractivity contribution in [2.75, 3.05) is 25.1 Å². The van der Waals surface area contributed by atoms with Crippen molar-refractivity contribution in [2.24, 2.45) is 0 Å². The molecule has 18 heavy (non-hydrogen) atoms. The highest BCUT2D eigenvalue weighted by atomic mass is 79.9. The molecule has 0 heterocycles. The summed E-state index contributed by atoms with van der Waals surface area (Å²) in [5.74, 6) is -0.624. The second-order valence-electron chi connectivity index (χ2n) is 3.86. The fraction of sp³-hybridized carbons (Fsp3) is 0.385. The van der Waals surface area contributed by atoms with Gasteiger partial charge in [-0.2, -0.15) is 0 Å². The number of rotatable bonds is 6. The van der Waals surface area contributed by atoms with Gasteiger partial charge in [0.25, 0.3) is 0 Å². The van der Waals surface area contributed by atoms with Crippen LogP contribution >= 0.6 is 15.9 Å². The Labute approximate surface area is 115 Å². The highest BCUT2D eigenvalue weighted by Crippen LogP contribution is 2.18. The molecule has 0 aliphatic carbocycles. The Hall–Kier alpha value is -1.36. The molecule has 4 nitrogen and oxygen atoms in total. The average Bonchev–Trinajstić information content (AvgIpc) is 2.28. The number of hydrogen-bond acceptors (Lipinski definition) is 4. The van der Waals surface area contributed by atoms with E-state index in [2.05, 4.69) is 15.9 Å². The van der Waals surface area contributed by atoms with Crippen LogP contribution in [0.1, 0.15) is 13.3 Å². The molecule has 0 atom stereocenters. The summed E-state index contributed by atoms with van der Waals surface area (Å²) >= 11 is 3.37. The predicted molar refractivity (Wildman–Crippen MR) is 73.7 cm³/mol. The standard InChI is InChI=1S/C13H16BrNO3/c1-3-18-13(17)8-12(16)9-15(2)11-6-4-5-10(14)7-11/h4-7H,3,8-9H2,1-2H3. The van der Waals surface area contributed by atoms with E-state index < -0.39 is 5.97 Å². The molecule has 98 valence electrons. The van der Waals surface area contributed by atoms with Crippen LogP contribution in [0.2, 0.25) is 0 Å². The van der Waals surface area contributed by atoms with Gasteiger partial charge in [-0.05, 0) is 25.1 Å². The van der Waals surface area contributed by atoms with Gasteiger partial charge in [0.1, 0.15) is 6.42 Å². The Morgan fingerprint density at radius 2 is 2.11 bits per heavy atom. The number of carbonyl (C=O) groups is 2. The molecule has 0 bridgehead atoms. The van der Waals surface area contributed by atoms with Crippen molar-refractivity contribution >= 4 is 33.4 Å². The maximum atomic E-state index is 11.6. The van der Waals surface area contributed by atoms with Gasteiger partial charge in [0.15, 0.2) is 5.78 Å². The topological polar surface area (TPSA) is 46.6 Å². The molecule has 1 aromatic rings. The summed E-state index contributed by atoms with van der Waals surface area (Å²) in [4.78, 5) is 24.6.